The van der Waals surface area contributed by atoms with Crippen molar-refractivity contribution in [3.05, 3.63) is 52.0 Å². The fourth-order valence-corrected chi connectivity index (χ4v) is 4.18. The van der Waals surface area contributed by atoms with E-state index in [0.29, 0.717) is 13.0 Å². The van der Waals surface area contributed by atoms with Crippen LogP contribution in [0.15, 0.2) is 36.5 Å². The molecule has 0 N–H and O–H groups in total. The van der Waals surface area contributed by atoms with Gasteiger partial charge in [0.05, 0.1) is 11.4 Å². The van der Waals surface area contributed by atoms with Crippen molar-refractivity contribution in [3.8, 4) is 0 Å². The van der Waals surface area contributed by atoms with Gasteiger partial charge < -0.3 is 4.74 Å². The van der Waals surface area contributed by atoms with E-state index in [2.05, 4.69) is 18.2 Å². The second kappa shape index (κ2) is 7.79. The zero-order valence-electron chi connectivity index (χ0n) is 13.2. The van der Waals surface area contributed by atoms with Gasteiger partial charge >= 0.3 is 5.97 Å². The van der Waals surface area contributed by atoms with Crippen LogP contribution in [0.25, 0.3) is 0 Å². The summed E-state index contributed by atoms with van der Waals surface area (Å²) in [7, 11) is 0. The number of aryl methyl sites for hydroxylation is 1. The van der Waals surface area contributed by atoms with Crippen LogP contribution >= 0.6 is 23.1 Å². The summed E-state index contributed by atoms with van der Waals surface area (Å²) in [6.07, 6.45) is 4.32. The second-order valence-electron chi connectivity index (χ2n) is 5.56. The number of aromatic nitrogens is 1. The maximum absolute atomic E-state index is 12.2. The van der Waals surface area contributed by atoms with Gasteiger partial charge in [-0.1, -0.05) is 37.3 Å². The Hall–Kier alpha value is -1.33. The highest BCUT2D eigenvalue weighted by Gasteiger charge is 2.32. The largest absolute Gasteiger partial charge is 0.461 e. The molecule has 1 aromatic heterocycles. The molecule has 0 amide bonds. The van der Waals surface area contributed by atoms with Crippen molar-refractivity contribution in [2.45, 2.75) is 32.3 Å². The van der Waals surface area contributed by atoms with E-state index in [1.807, 2.05) is 43.5 Å². The number of carbonyl (C=O) groups excluding carboxylic acids is 1. The summed E-state index contributed by atoms with van der Waals surface area (Å²) in [4.78, 5) is 17.7. The highest BCUT2D eigenvalue weighted by molar-refractivity contribution is 7.98. The molecule has 2 rings (SSSR count). The van der Waals surface area contributed by atoms with E-state index in [9.17, 15) is 4.79 Å². The molecule has 0 saturated heterocycles. The topological polar surface area (TPSA) is 39.2 Å². The van der Waals surface area contributed by atoms with Gasteiger partial charge in [-0.05, 0) is 18.7 Å². The number of hydrogen-bond donors (Lipinski definition) is 0. The average molecular weight is 335 g/mol. The highest BCUT2D eigenvalue weighted by Crippen LogP contribution is 2.35. The SMILES string of the molecule is CSCC(C)(CC(=O)OCc1ccccc1)c1cnc(C)s1. The van der Waals surface area contributed by atoms with Crippen molar-refractivity contribution in [2.75, 3.05) is 12.0 Å². The van der Waals surface area contributed by atoms with Crippen molar-refractivity contribution in [3.63, 3.8) is 0 Å². The summed E-state index contributed by atoms with van der Waals surface area (Å²) in [6, 6.07) is 9.76. The molecular weight excluding hydrogens is 314 g/mol. The number of nitrogens with zero attached hydrogens (tertiary/aromatic N) is 1. The quantitative estimate of drug-likeness (QED) is 0.711. The molecule has 2 aromatic rings. The van der Waals surface area contributed by atoms with Gasteiger partial charge in [-0.25, -0.2) is 4.98 Å². The Bertz CT molecular complexity index is 612. The first-order chi connectivity index (χ1) is 10.5. The average Bonchev–Trinajstić information content (AvgIpc) is 2.94. The number of rotatable bonds is 7. The molecule has 0 aliphatic heterocycles. The van der Waals surface area contributed by atoms with Crippen LogP contribution in [0, 0.1) is 6.92 Å². The minimum Gasteiger partial charge on any atom is -0.461 e. The standard InChI is InChI=1S/C17H21NO2S2/c1-13-18-10-15(22-13)17(2,12-21-3)9-16(19)20-11-14-7-5-4-6-8-14/h4-8,10H,9,11-12H2,1-3H3. The van der Waals surface area contributed by atoms with Crippen LogP contribution in [-0.2, 0) is 21.6 Å². The smallest absolute Gasteiger partial charge is 0.307 e. The van der Waals surface area contributed by atoms with E-state index < -0.39 is 0 Å². The molecule has 5 heteroatoms. The van der Waals surface area contributed by atoms with Crippen molar-refractivity contribution >= 4 is 29.1 Å². The molecule has 1 unspecified atom stereocenters. The maximum atomic E-state index is 12.2. The van der Waals surface area contributed by atoms with Gasteiger partial charge in [0.1, 0.15) is 6.61 Å². The lowest BCUT2D eigenvalue weighted by Crippen LogP contribution is -2.28. The molecule has 1 heterocycles. The zero-order valence-corrected chi connectivity index (χ0v) is 14.8. The van der Waals surface area contributed by atoms with E-state index in [0.717, 1.165) is 21.2 Å². The van der Waals surface area contributed by atoms with E-state index in [1.54, 1.807) is 23.1 Å². The Labute approximate surface area is 140 Å². The third kappa shape index (κ3) is 4.58. The number of carbonyl (C=O) groups is 1. The van der Waals surface area contributed by atoms with Crippen molar-refractivity contribution in [1.82, 2.24) is 4.98 Å². The second-order valence-corrected chi connectivity index (χ2v) is 7.66. The molecule has 0 radical (unpaired) electrons. The Balaban J connectivity index is 1.99. The number of ether oxygens (including phenoxy) is 1. The number of benzene rings is 1. The molecule has 0 aliphatic carbocycles. The normalized spacial score (nSPS) is 13.6. The van der Waals surface area contributed by atoms with Crippen LogP contribution in [0.4, 0.5) is 0 Å². The Morgan fingerprint density at radius 2 is 2.09 bits per heavy atom. The molecule has 0 saturated carbocycles. The number of thioether (sulfide) groups is 1. The summed E-state index contributed by atoms with van der Waals surface area (Å²) >= 11 is 3.40. The molecule has 0 aliphatic rings. The molecule has 0 fully saturated rings. The van der Waals surface area contributed by atoms with E-state index in [4.69, 9.17) is 4.74 Å². The molecule has 118 valence electrons. The van der Waals surface area contributed by atoms with Crippen LogP contribution in [-0.4, -0.2) is 23.0 Å². The first-order valence-electron chi connectivity index (χ1n) is 7.15. The molecule has 3 nitrogen and oxygen atoms in total. The molecule has 1 aromatic carbocycles. The van der Waals surface area contributed by atoms with Gasteiger partial charge in [0, 0.05) is 22.2 Å². The van der Waals surface area contributed by atoms with Crippen LogP contribution in [0.1, 0.15) is 28.8 Å². The summed E-state index contributed by atoms with van der Waals surface area (Å²) in [5.41, 5.74) is 0.787. The van der Waals surface area contributed by atoms with Crippen LogP contribution in [0.2, 0.25) is 0 Å². The molecule has 22 heavy (non-hydrogen) atoms. The number of esters is 1. The van der Waals surface area contributed by atoms with Crippen molar-refractivity contribution in [1.29, 1.82) is 0 Å². The first-order valence-corrected chi connectivity index (χ1v) is 9.36. The zero-order chi connectivity index (χ0) is 16.0. The highest BCUT2D eigenvalue weighted by atomic mass is 32.2. The Morgan fingerprint density at radius 1 is 1.36 bits per heavy atom. The van der Waals surface area contributed by atoms with E-state index in [-0.39, 0.29) is 11.4 Å². The molecule has 0 spiro atoms. The monoisotopic (exact) mass is 335 g/mol. The minimum atomic E-state index is -0.223. The van der Waals surface area contributed by atoms with Gasteiger partial charge in [-0.2, -0.15) is 11.8 Å². The number of hydrogen-bond acceptors (Lipinski definition) is 5. The lowest BCUT2D eigenvalue weighted by Gasteiger charge is -2.26. The summed E-state index contributed by atoms with van der Waals surface area (Å²) in [5.74, 6) is 0.709. The van der Waals surface area contributed by atoms with Gasteiger partial charge in [-0.15, -0.1) is 11.3 Å². The van der Waals surface area contributed by atoms with Crippen LogP contribution < -0.4 is 0 Å². The fourth-order valence-electron chi connectivity index (χ4n) is 2.28. The predicted molar refractivity (Wildman–Crippen MR) is 93.4 cm³/mol. The van der Waals surface area contributed by atoms with Gasteiger partial charge in [0.2, 0.25) is 0 Å². The molecule has 0 bridgehead atoms. The van der Waals surface area contributed by atoms with Gasteiger partial charge in [0.25, 0.3) is 0 Å². The molecule has 1 atom stereocenters. The third-order valence-electron chi connectivity index (χ3n) is 3.46. The maximum Gasteiger partial charge on any atom is 0.307 e. The predicted octanol–water partition coefficient (Wildman–Crippen LogP) is 4.21. The molecular formula is C17H21NO2S2. The summed E-state index contributed by atoms with van der Waals surface area (Å²) in [6.45, 7) is 4.43. The van der Waals surface area contributed by atoms with E-state index >= 15 is 0 Å². The number of thiazole rings is 1. The van der Waals surface area contributed by atoms with Crippen LogP contribution in [0.5, 0.6) is 0 Å². The van der Waals surface area contributed by atoms with Crippen molar-refractivity contribution < 1.29 is 9.53 Å². The van der Waals surface area contributed by atoms with Gasteiger partial charge in [0.15, 0.2) is 0 Å². The first kappa shape index (κ1) is 17.0. The lowest BCUT2D eigenvalue weighted by atomic mass is 9.88. The summed E-state index contributed by atoms with van der Waals surface area (Å²) in [5, 5.41) is 1.03. The van der Waals surface area contributed by atoms with Gasteiger partial charge in [-0.3, -0.25) is 4.79 Å². The lowest BCUT2D eigenvalue weighted by molar-refractivity contribution is -0.146. The summed E-state index contributed by atoms with van der Waals surface area (Å²) < 4.78 is 5.43. The van der Waals surface area contributed by atoms with Crippen molar-refractivity contribution in [2.24, 2.45) is 0 Å². The third-order valence-corrected chi connectivity index (χ3v) is 5.60. The Morgan fingerprint density at radius 3 is 2.68 bits per heavy atom. The fraction of sp³-hybridized carbons (Fsp3) is 0.412. The Kier molecular flexibility index (Phi) is 6.03. The van der Waals surface area contributed by atoms with E-state index in [1.165, 1.54) is 0 Å². The minimum absolute atomic E-state index is 0.161. The van der Waals surface area contributed by atoms with Crippen LogP contribution in [0.3, 0.4) is 0 Å².